The Labute approximate surface area is 82.4 Å². The van der Waals surface area contributed by atoms with Gasteiger partial charge in [-0.05, 0) is 13.1 Å². The van der Waals surface area contributed by atoms with E-state index in [1.807, 2.05) is 5.38 Å². The number of thiazole rings is 1. The molecule has 4 heteroatoms. The summed E-state index contributed by atoms with van der Waals surface area (Å²) in [6.07, 6.45) is 0.802. The third-order valence-corrected chi connectivity index (χ3v) is 2.77. The van der Waals surface area contributed by atoms with Gasteiger partial charge in [0.05, 0.1) is 5.69 Å². The van der Waals surface area contributed by atoms with E-state index in [2.05, 4.69) is 23.7 Å². The molecule has 0 atom stereocenters. The first-order valence-electron chi connectivity index (χ1n) is 4.42. The highest BCUT2D eigenvalue weighted by molar-refractivity contribution is 7.11. The summed E-state index contributed by atoms with van der Waals surface area (Å²) in [6.45, 7) is 7.12. The summed E-state index contributed by atoms with van der Waals surface area (Å²) in [6, 6.07) is 0. The number of rotatable bonds is 5. The van der Waals surface area contributed by atoms with Gasteiger partial charge in [-0.3, -0.25) is 9.69 Å². The van der Waals surface area contributed by atoms with Crippen LogP contribution in [0, 0.1) is 0 Å². The summed E-state index contributed by atoms with van der Waals surface area (Å²) in [7, 11) is 0. The molecule has 0 saturated carbocycles. The second-order valence-electron chi connectivity index (χ2n) is 2.76. The zero-order valence-corrected chi connectivity index (χ0v) is 8.80. The van der Waals surface area contributed by atoms with Gasteiger partial charge < -0.3 is 0 Å². The fourth-order valence-corrected chi connectivity index (χ4v) is 1.74. The zero-order chi connectivity index (χ0) is 9.68. The summed E-state index contributed by atoms with van der Waals surface area (Å²) >= 11 is 1.41. The van der Waals surface area contributed by atoms with Crippen LogP contribution in [0.25, 0.3) is 0 Å². The molecular formula is C9H14N2OS. The molecule has 0 amide bonds. The van der Waals surface area contributed by atoms with E-state index in [1.54, 1.807) is 0 Å². The SMILES string of the molecule is CCN(CC)Cc1csc(C=O)n1. The van der Waals surface area contributed by atoms with Crippen LogP contribution in [-0.4, -0.2) is 29.3 Å². The van der Waals surface area contributed by atoms with E-state index in [0.717, 1.165) is 31.6 Å². The lowest BCUT2D eigenvalue weighted by Gasteiger charge is -2.15. The highest BCUT2D eigenvalue weighted by atomic mass is 32.1. The van der Waals surface area contributed by atoms with Gasteiger partial charge in [0.25, 0.3) is 0 Å². The Hall–Kier alpha value is -0.740. The van der Waals surface area contributed by atoms with Crippen molar-refractivity contribution in [1.29, 1.82) is 0 Å². The van der Waals surface area contributed by atoms with Crippen LogP contribution in [0.1, 0.15) is 29.3 Å². The molecule has 0 spiro atoms. The molecule has 0 aromatic carbocycles. The molecule has 0 unspecified atom stereocenters. The zero-order valence-electron chi connectivity index (χ0n) is 7.99. The Kier molecular flexibility index (Phi) is 4.05. The summed E-state index contributed by atoms with van der Waals surface area (Å²) in [4.78, 5) is 16.8. The van der Waals surface area contributed by atoms with E-state index in [4.69, 9.17) is 0 Å². The van der Waals surface area contributed by atoms with Gasteiger partial charge in [-0.2, -0.15) is 0 Å². The van der Waals surface area contributed by atoms with Gasteiger partial charge in [0.15, 0.2) is 11.3 Å². The monoisotopic (exact) mass is 198 g/mol. The Balaban J connectivity index is 2.57. The minimum absolute atomic E-state index is 0.571. The predicted molar refractivity (Wildman–Crippen MR) is 54.1 cm³/mol. The molecule has 1 aromatic heterocycles. The normalized spacial score (nSPS) is 10.7. The van der Waals surface area contributed by atoms with Gasteiger partial charge in [-0.1, -0.05) is 13.8 Å². The molecule has 0 aliphatic carbocycles. The molecule has 13 heavy (non-hydrogen) atoms. The standard InChI is InChI=1S/C9H14N2OS/c1-3-11(4-2)5-8-7-13-9(6-12)10-8/h6-7H,3-5H2,1-2H3. The van der Waals surface area contributed by atoms with Crippen molar-refractivity contribution >= 4 is 17.6 Å². The maximum Gasteiger partial charge on any atom is 0.178 e. The van der Waals surface area contributed by atoms with Crippen molar-refractivity contribution in [2.45, 2.75) is 20.4 Å². The van der Waals surface area contributed by atoms with Gasteiger partial charge in [0.2, 0.25) is 0 Å². The highest BCUT2D eigenvalue weighted by Crippen LogP contribution is 2.09. The average Bonchev–Trinajstić information content (AvgIpc) is 2.61. The first-order valence-corrected chi connectivity index (χ1v) is 5.30. The molecule has 0 aliphatic heterocycles. The number of aldehydes is 1. The van der Waals surface area contributed by atoms with Crippen molar-refractivity contribution in [3.8, 4) is 0 Å². The number of carbonyl (C=O) groups excluding carboxylic acids is 1. The fourth-order valence-electron chi connectivity index (χ4n) is 1.13. The number of nitrogens with zero attached hydrogens (tertiary/aromatic N) is 2. The summed E-state index contributed by atoms with van der Waals surface area (Å²) < 4.78 is 0. The van der Waals surface area contributed by atoms with E-state index in [1.165, 1.54) is 11.3 Å². The Morgan fingerprint density at radius 3 is 2.69 bits per heavy atom. The van der Waals surface area contributed by atoms with Crippen molar-refractivity contribution in [3.05, 3.63) is 16.1 Å². The Morgan fingerprint density at radius 1 is 1.54 bits per heavy atom. The summed E-state index contributed by atoms with van der Waals surface area (Å²) in [5.41, 5.74) is 0.996. The van der Waals surface area contributed by atoms with Crippen molar-refractivity contribution < 1.29 is 4.79 Å². The minimum Gasteiger partial charge on any atom is -0.298 e. The van der Waals surface area contributed by atoms with Crippen LogP contribution in [0.3, 0.4) is 0 Å². The lowest BCUT2D eigenvalue weighted by atomic mass is 10.4. The van der Waals surface area contributed by atoms with Crippen molar-refractivity contribution in [2.75, 3.05) is 13.1 Å². The van der Waals surface area contributed by atoms with E-state index >= 15 is 0 Å². The molecule has 0 fully saturated rings. The van der Waals surface area contributed by atoms with Gasteiger partial charge in [-0.25, -0.2) is 4.98 Å². The molecule has 1 rings (SSSR count). The second-order valence-corrected chi connectivity index (χ2v) is 3.65. The van der Waals surface area contributed by atoms with Crippen LogP contribution in [0.15, 0.2) is 5.38 Å². The average molecular weight is 198 g/mol. The quantitative estimate of drug-likeness (QED) is 0.676. The van der Waals surface area contributed by atoms with Crippen molar-refractivity contribution in [2.24, 2.45) is 0 Å². The van der Waals surface area contributed by atoms with Crippen molar-refractivity contribution in [3.63, 3.8) is 0 Å². The Morgan fingerprint density at radius 2 is 2.23 bits per heavy atom. The van der Waals surface area contributed by atoms with E-state index < -0.39 is 0 Å². The summed E-state index contributed by atoms with van der Waals surface area (Å²) in [5, 5.41) is 2.52. The molecular weight excluding hydrogens is 184 g/mol. The first kappa shape index (κ1) is 10.3. The number of hydrogen-bond acceptors (Lipinski definition) is 4. The maximum absolute atomic E-state index is 10.4. The van der Waals surface area contributed by atoms with Crippen LogP contribution < -0.4 is 0 Å². The second kappa shape index (κ2) is 5.09. The summed E-state index contributed by atoms with van der Waals surface area (Å²) in [5.74, 6) is 0. The minimum atomic E-state index is 0.571. The number of carbonyl (C=O) groups is 1. The molecule has 1 heterocycles. The molecule has 0 aliphatic rings. The van der Waals surface area contributed by atoms with Gasteiger partial charge in [0.1, 0.15) is 0 Å². The first-order chi connectivity index (χ1) is 6.30. The van der Waals surface area contributed by atoms with Crippen LogP contribution >= 0.6 is 11.3 Å². The van der Waals surface area contributed by atoms with Crippen molar-refractivity contribution in [1.82, 2.24) is 9.88 Å². The molecule has 0 bridgehead atoms. The van der Waals surface area contributed by atoms with E-state index in [0.29, 0.717) is 5.01 Å². The highest BCUT2D eigenvalue weighted by Gasteiger charge is 2.04. The topological polar surface area (TPSA) is 33.2 Å². The number of aromatic nitrogens is 1. The van der Waals surface area contributed by atoms with Crippen LogP contribution in [0.5, 0.6) is 0 Å². The van der Waals surface area contributed by atoms with Crippen LogP contribution in [0.2, 0.25) is 0 Å². The van der Waals surface area contributed by atoms with Gasteiger partial charge in [-0.15, -0.1) is 11.3 Å². The lowest BCUT2D eigenvalue weighted by Crippen LogP contribution is -2.22. The lowest BCUT2D eigenvalue weighted by molar-refractivity contribution is 0.112. The van der Waals surface area contributed by atoms with Gasteiger partial charge >= 0.3 is 0 Å². The smallest absolute Gasteiger partial charge is 0.178 e. The predicted octanol–water partition coefficient (Wildman–Crippen LogP) is 1.80. The van der Waals surface area contributed by atoms with E-state index in [9.17, 15) is 4.79 Å². The fraction of sp³-hybridized carbons (Fsp3) is 0.556. The van der Waals surface area contributed by atoms with E-state index in [-0.39, 0.29) is 0 Å². The van der Waals surface area contributed by atoms with Crippen LogP contribution in [-0.2, 0) is 6.54 Å². The molecule has 0 radical (unpaired) electrons. The molecule has 1 aromatic rings. The molecule has 3 nitrogen and oxygen atoms in total. The largest absolute Gasteiger partial charge is 0.298 e. The Bertz CT molecular complexity index is 268. The molecule has 0 N–H and O–H groups in total. The third-order valence-electron chi connectivity index (χ3n) is 1.95. The maximum atomic E-state index is 10.4. The molecule has 72 valence electrons. The third kappa shape index (κ3) is 2.90. The van der Waals surface area contributed by atoms with Crippen LogP contribution in [0.4, 0.5) is 0 Å². The molecule has 0 saturated heterocycles. The number of hydrogen-bond donors (Lipinski definition) is 0. The van der Waals surface area contributed by atoms with Gasteiger partial charge in [0, 0.05) is 11.9 Å².